The highest BCUT2D eigenvalue weighted by atomic mass is 35.5. The van der Waals surface area contributed by atoms with Gasteiger partial charge in [0.2, 0.25) is 0 Å². The van der Waals surface area contributed by atoms with Crippen molar-refractivity contribution in [2.75, 3.05) is 13.2 Å². The van der Waals surface area contributed by atoms with Crippen LogP contribution >= 0.6 is 11.6 Å². The first kappa shape index (κ1) is 23.3. The predicted molar refractivity (Wildman–Crippen MR) is 132 cm³/mol. The number of carbonyl (C=O) groups excluding carboxylic acids is 2. The number of amides is 1. The molecule has 0 atom stereocenters. The van der Waals surface area contributed by atoms with Crippen LogP contribution in [-0.2, 0) is 16.0 Å². The van der Waals surface area contributed by atoms with Crippen LogP contribution in [-0.4, -0.2) is 34.8 Å². The van der Waals surface area contributed by atoms with Crippen molar-refractivity contribution in [2.24, 2.45) is 0 Å². The summed E-state index contributed by atoms with van der Waals surface area (Å²) >= 11 is 6.01. The van der Waals surface area contributed by atoms with Crippen LogP contribution in [0.2, 0.25) is 5.02 Å². The van der Waals surface area contributed by atoms with Gasteiger partial charge < -0.3 is 10.1 Å². The molecule has 34 heavy (non-hydrogen) atoms. The van der Waals surface area contributed by atoms with Gasteiger partial charge >= 0.3 is 5.97 Å². The molecule has 0 aliphatic rings. The van der Waals surface area contributed by atoms with E-state index in [2.05, 4.69) is 22.5 Å². The molecule has 1 N–H and O–H groups in total. The first-order chi connectivity index (χ1) is 16.6. The molecule has 4 aromatic rings. The molecule has 6 nitrogen and oxygen atoms in total. The number of ether oxygens (including phenoxy) is 1. The summed E-state index contributed by atoms with van der Waals surface area (Å²) < 4.78 is 6.93. The lowest BCUT2D eigenvalue weighted by Gasteiger charge is -2.07. The number of para-hydroxylation sites is 1. The minimum absolute atomic E-state index is 0.267. The lowest BCUT2D eigenvalue weighted by molar-refractivity contribution is -0.124. The number of halogens is 1. The maximum Gasteiger partial charge on any atom is 0.342 e. The third kappa shape index (κ3) is 6.11. The van der Waals surface area contributed by atoms with Gasteiger partial charge in [-0.1, -0.05) is 72.3 Å². The van der Waals surface area contributed by atoms with E-state index < -0.39 is 5.97 Å². The Morgan fingerprint density at radius 3 is 2.29 bits per heavy atom. The van der Waals surface area contributed by atoms with Crippen molar-refractivity contribution >= 4 is 23.5 Å². The van der Waals surface area contributed by atoms with E-state index in [4.69, 9.17) is 16.3 Å². The third-order valence-electron chi connectivity index (χ3n) is 5.21. The highest BCUT2D eigenvalue weighted by Gasteiger charge is 2.21. The van der Waals surface area contributed by atoms with E-state index in [0.29, 0.717) is 17.3 Å². The number of hydrogen-bond donors (Lipinski definition) is 1. The van der Waals surface area contributed by atoms with Gasteiger partial charge in [0, 0.05) is 23.3 Å². The number of esters is 1. The zero-order valence-electron chi connectivity index (χ0n) is 18.5. The molecular weight excluding hydrogens is 450 g/mol. The molecule has 0 bridgehead atoms. The number of benzene rings is 3. The minimum Gasteiger partial charge on any atom is -0.452 e. The van der Waals surface area contributed by atoms with Crippen LogP contribution < -0.4 is 5.32 Å². The molecule has 0 radical (unpaired) electrons. The zero-order valence-corrected chi connectivity index (χ0v) is 19.2. The van der Waals surface area contributed by atoms with Crippen LogP contribution in [0.3, 0.4) is 0 Å². The Kier molecular flexibility index (Phi) is 7.73. The predicted octanol–water partition coefficient (Wildman–Crippen LogP) is 5.10. The molecular formula is C27H24ClN3O3. The van der Waals surface area contributed by atoms with Crippen LogP contribution in [0.15, 0.2) is 91.1 Å². The second-order valence-corrected chi connectivity index (χ2v) is 8.13. The number of nitrogens with zero attached hydrogens (tertiary/aromatic N) is 2. The molecule has 1 heterocycles. The second-order valence-electron chi connectivity index (χ2n) is 7.69. The molecule has 4 rings (SSSR count). The van der Waals surface area contributed by atoms with E-state index in [1.807, 2.05) is 48.5 Å². The maximum atomic E-state index is 12.9. The number of carbonyl (C=O) groups is 2. The van der Waals surface area contributed by atoms with Crippen molar-refractivity contribution in [2.45, 2.75) is 12.8 Å². The largest absolute Gasteiger partial charge is 0.452 e. The second kappa shape index (κ2) is 11.3. The van der Waals surface area contributed by atoms with Gasteiger partial charge in [0.05, 0.1) is 5.69 Å². The van der Waals surface area contributed by atoms with Gasteiger partial charge in [-0.05, 0) is 42.7 Å². The molecule has 1 amide bonds. The average molecular weight is 474 g/mol. The van der Waals surface area contributed by atoms with Crippen LogP contribution in [0, 0.1) is 0 Å². The number of aromatic nitrogens is 2. The molecule has 0 aliphatic carbocycles. The van der Waals surface area contributed by atoms with E-state index in [1.165, 1.54) is 5.56 Å². The summed E-state index contributed by atoms with van der Waals surface area (Å²) in [6.45, 7) is 0.147. The van der Waals surface area contributed by atoms with E-state index >= 15 is 0 Å². The van der Waals surface area contributed by atoms with E-state index in [1.54, 1.807) is 35.1 Å². The SMILES string of the molecule is O=C(COC(=O)c1cn(-c2ccccc2)nc1-c1ccc(Cl)cc1)NCCCc1ccccc1. The van der Waals surface area contributed by atoms with Crippen molar-refractivity contribution < 1.29 is 14.3 Å². The normalized spacial score (nSPS) is 10.6. The summed E-state index contributed by atoms with van der Waals surface area (Å²) in [5.41, 5.74) is 3.45. The number of aryl methyl sites for hydroxylation is 1. The first-order valence-corrected chi connectivity index (χ1v) is 11.4. The molecule has 0 saturated carbocycles. The Bertz CT molecular complexity index is 1240. The van der Waals surface area contributed by atoms with Crippen LogP contribution in [0.5, 0.6) is 0 Å². The van der Waals surface area contributed by atoms with Crippen LogP contribution in [0.1, 0.15) is 22.3 Å². The number of rotatable bonds is 9. The van der Waals surface area contributed by atoms with Crippen molar-refractivity contribution in [1.29, 1.82) is 0 Å². The summed E-state index contributed by atoms with van der Waals surface area (Å²) in [5, 5.41) is 7.96. The molecule has 0 fully saturated rings. The average Bonchev–Trinajstić information content (AvgIpc) is 3.32. The smallest absolute Gasteiger partial charge is 0.342 e. The Hall–Kier alpha value is -3.90. The highest BCUT2D eigenvalue weighted by Crippen LogP contribution is 2.26. The number of hydrogen-bond acceptors (Lipinski definition) is 4. The fourth-order valence-electron chi connectivity index (χ4n) is 3.48. The lowest BCUT2D eigenvalue weighted by atomic mass is 10.1. The lowest BCUT2D eigenvalue weighted by Crippen LogP contribution is -2.29. The Labute approximate surface area is 203 Å². The van der Waals surface area contributed by atoms with Gasteiger partial charge in [0.15, 0.2) is 6.61 Å². The van der Waals surface area contributed by atoms with Gasteiger partial charge in [-0.2, -0.15) is 5.10 Å². The molecule has 0 unspecified atom stereocenters. The van der Waals surface area contributed by atoms with E-state index in [-0.39, 0.29) is 18.1 Å². The maximum absolute atomic E-state index is 12.9. The molecule has 3 aromatic carbocycles. The molecule has 0 saturated heterocycles. The van der Waals surface area contributed by atoms with E-state index in [0.717, 1.165) is 24.1 Å². The Balaban J connectivity index is 1.39. The minimum atomic E-state index is -0.619. The topological polar surface area (TPSA) is 73.2 Å². The van der Waals surface area contributed by atoms with Gasteiger partial charge in [-0.25, -0.2) is 9.48 Å². The fourth-order valence-corrected chi connectivity index (χ4v) is 3.61. The molecule has 7 heteroatoms. The summed E-state index contributed by atoms with van der Waals surface area (Å²) in [4.78, 5) is 25.1. The van der Waals surface area contributed by atoms with Gasteiger partial charge in [0.25, 0.3) is 5.91 Å². The number of nitrogens with one attached hydrogen (secondary N) is 1. The van der Waals surface area contributed by atoms with Crippen LogP contribution in [0.25, 0.3) is 16.9 Å². The summed E-state index contributed by atoms with van der Waals surface area (Å²) in [5.74, 6) is -0.962. The molecule has 1 aromatic heterocycles. The molecule has 0 aliphatic heterocycles. The Morgan fingerprint density at radius 1 is 0.912 bits per heavy atom. The van der Waals surface area contributed by atoms with Crippen molar-refractivity contribution in [1.82, 2.24) is 15.1 Å². The van der Waals surface area contributed by atoms with Crippen molar-refractivity contribution in [3.05, 3.63) is 107 Å². The van der Waals surface area contributed by atoms with Crippen molar-refractivity contribution in [3.8, 4) is 16.9 Å². The Morgan fingerprint density at radius 2 is 1.59 bits per heavy atom. The standard InChI is InChI=1S/C27H24ClN3O3/c28-22-15-13-21(14-16-22)26-24(18-31(30-26)23-11-5-2-6-12-23)27(33)34-19-25(32)29-17-7-10-20-8-3-1-4-9-20/h1-6,8-9,11-16,18H,7,10,17,19H2,(H,29,32). The first-order valence-electron chi connectivity index (χ1n) is 11.0. The summed E-state index contributed by atoms with van der Waals surface area (Å²) in [7, 11) is 0. The van der Waals surface area contributed by atoms with E-state index in [9.17, 15) is 9.59 Å². The van der Waals surface area contributed by atoms with Gasteiger partial charge in [-0.15, -0.1) is 0 Å². The summed E-state index contributed by atoms with van der Waals surface area (Å²) in [6, 6.07) is 26.6. The quantitative estimate of drug-likeness (QED) is 0.271. The monoisotopic (exact) mass is 473 g/mol. The van der Waals surface area contributed by atoms with Crippen molar-refractivity contribution in [3.63, 3.8) is 0 Å². The van der Waals surface area contributed by atoms with Crippen LogP contribution in [0.4, 0.5) is 0 Å². The van der Waals surface area contributed by atoms with Gasteiger partial charge in [-0.3, -0.25) is 4.79 Å². The summed E-state index contributed by atoms with van der Waals surface area (Å²) in [6.07, 6.45) is 3.28. The van der Waals surface area contributed by atoms with Gasteiger partial charge in [0.1, 0.15) is 11.3 Å². The zero-order chi connectivity index (χ0) is 23.8. The fraction of sp³-hybridized carbons (Fsp3) is 0.148. The third-order valence-corrected chi connectivity index (χ3v) is 5.47. The highest BCUT2D eigenvalue weighted by molar-refractivity contribution is 6.30. The molecule has 172 valence electrons. The molecule has 0 spiro atoms.